The summed E-state index contributed by atoms with van der Waals surface area (Å²) in [7, 11) is 0. The third-order valence-corrected chi connectivity index (χ3v) is 8.33. The highest BCUT2D eigenvalue weighted by Gasteiger charge is 2.49. The van der Waals surface area contributed by atoms with Gasteiger partial charge in [0.2, 0.25) is 0 Å². The number of alkyl carbamates (subject to hydrolysis) is 1. The fourth-order valence-corrected chi connectivity index (χ4v) is 5.65. The Kier molecular flexibility index (Phi) is 7.25. The molecule has 0 atom stereocenters. The molecule has 1 aromatic heterocycles. The molecule has 6 rings (SSSR count). The van der Waals surface area contributed by atoms with E-state index in [-0.39, 0.29) is 23.7 Å². The lowest BCUT2D eigenvalue weighted by molar-refractivity contribution is -0.127. The van der Waals surface area contributed by atoms with Crippen LogP contribution in [0.3, 0.4) is 0 Å². The number of carbonyl (C=O) groups is 1. The number of anilines is 1. The average Bonchev–Trinajstić information content (AvgIpc) is 2.86. The summed E-state index contributed by atoms with van der Waals surface area (Å²) in [4.78, 5) is 23.1. The van der Waals surface area contributed by atoms with Gasteiger partial charge in [0.25, 0.3) is 0 Å². The summed E-state index contributed by atoms with van der Waals surface area (Å²) in [6.07, 6.45) is 4.89. The van der Waals surface area contributed by atoms with Gasteiger partial charge in [0.05, 0.1) is 36.7 Å². The van der Waals surface area contributed by atoms with E-state index in [1.807, 2.05) is 57.4 Å². The van der Waals surface area contributed by atoms with Gasteiger partial charge in [0.15, 0.2) is 0 Å². The molecule has 2 aromatic carbocycles. The predicted molar refractivity (Wildman–Crippen MR) is 159 cm³/mol. The van der Waals surface area contributed by atoms with E-state index in [0.717, 1.165) is 50.6 Å². The van der Waals surface area contributed by atoms with Crippen molar-refractivity contribution in [1.82, 2.24) is 15.3 Å². The number of benzene rings is 2. The minimum absolute atomic E-state index is 0.0849. The molecular formula is C33H40N4O5. The van der Waals surface area contributed by atoms with Crippen LogP contribution in [0.25, 0.3) is 0 Å². The van der Waals surface area contributed by atoms with Gasteiger partial charge >= 0.3 is 12.1 Å². The molecule has 3 aromatic rings. The third kappa shape index (κ3) is 6.16. The van der Waals surface area contributed by atoms with Crippen molar-refractivity contribution in [3.8, 4) is 17.5 Å². The van der Waals surface area contributed by atoms with E-state index in [4.69, 9.17) is 18.9 Å². The molecule has 3 heterocycles. The molecule has 3 aliphatic rings. The van der Waals surface area contributed by atoms with Crippen LogP contribution >= 0.6 is 0 Å². The number of ether oxygens (including phenoxy) is 4. The highest BCUT2D eigenvalue weighted by atomic mass is 16.6. The Morgan fingerprint density at radius 1 is 0.905 bits per heavy atom. The molecule has 0 radical (unpaired) electrons. The molecule has 3 fully saturated rings. The van der Waals surface area contributed by atoms with Crippen molar-refractivity contribution < 1.29 is 23.7 Å². The van der Waals surface area contributed by atoms with Gasteiger partial charge in [-0.3, -0.25) is 0 Å². The van der Waals surface area contributed by atoms with E-state index in [9.17, 15) is 4.79 Å². The first kappa shape index (κ1) is 28.3. The predicted octanol–water partition coefficient (Wildman–Crippen LogP) is 5.87. The number of nitrogens with zero attached hydrogens (tertiary/aromatic N) is 3. The largest absolute Gasteiger partial charge is 0.490 e. The van der Waals surface area contributed by atoms with Crippen molar-refractivity contribution in [2.45, 2.75) is 70.6 Å². The Morgan fingerprint density at radius 3 is 2.00 bits per heavy atom. The zero-order chi connectivity index (χ0) is 29.5. The van der Waals surface area contributed by atoms with Crippen LogP contribution in [-0.4, -0.2) is 60.1 Å². The summed E-state index contributed by atoms with van der Waals surface area (Å²) < 4.78 is 22.7. The van der Waals surface area contributed by atoms with Gasteiger partial charge in [0, 0.05) is 37.4 Å². The van der Waals surface area contributed by atoms with Crippen molar-refractivity contribution >= 4 is 11.8 Å². The molecule has 222 valence electrons. The SMILES string of the molecule is CC(C)(C)OC(=O)NC1CC(Oc2ccc(C(C)(C)c3ccc(Oc4ncc(N5CC6(COC6)C5)cn4)cc3)cc2)C1. The maximum Gasteiger partial charge on any atom is 0.407 e. The molecule has 0 bridgehead atoms. The maximum absolute atomic E-state index is 12.0. The lowest BCUT2D eigenvalue weighted by Gasteiger charge is -2.55. The van der Waals surface area contributed by atoms with Crippen LogP contribution in [-0.2, 0) is 14.9 Å². The van der Waals surface area contributed by atoms with E-state index < -0.39 is 5.60 Å². The van der Waals surface area contributed by atoms with Crippen LogP contribution in [0.5, 0.6) is 17.5 Å². The normalized spacial score (nSPS) is 21.0. The number of aromatic nitrogens is 2. The second-order valence-electron chi connectivity index (χ2n) is 13.4. The van der Waals surface area contributed by atoms with Gasteiger partial charge in [0.1, 0.15) is 23.2 Å². The van der Waals surface area contributed by atoms with Crippen LogP contribution in [0.4, 0.5) is 10.5 Å². The first-order chi connectivity index (χ1) is 20.0. The lowest BCUT2D eigenvalue weighted by atomic mass is 9.78. The number of hydrogen-bond donors (Lipinski definition) is 1. The fraction of sp³-hybridized carbons (Fsp3) is 0.485. The fourth-order valence-electron chi connectivity index (χ4n) is 5.65. The Labute approximate surface area is 247 Å². The summed E-state index contributed by atoms with van der Waals surface area (Å²) in [6, 6.07) is 16.8. The molecule has 2 saturated heterocycles. The van der Waals surface area contributed by atoms with Crippen molar-refractivity contribution in [2.75, 3.05) is 31.2 Å². The quantitative estimate of drug-likeness (QED) is 0.358. The Balaban J connectivity index is 0.987. The van der Waals surface area contributed by atoms with Gasteiger partial charge in [-0.1, -0.05) is 38.1 Å². The van der Waals surface area contributed by atoms with E-state index in [1.54, 1.807) is 0 Å². The van der Waals surface area contributed by atoms with Crippen LogP contribution in [0, 0.1) is 5.41 Å². The molecule has 42 heavy (non-hydrogen) atoms. The standard InChI is InChI=1S/C33H40N4O5/c1-31(2,3)42-30(38)36-24-14-28(15-24)40-26-10-6-22(7-11-26)32(4,5)23-8-12-27(13-9-23)41-29-34-16-25(17-35-29)37-18-33(19-37)20-39-21-33/h6-13,16-17,24,28H,14-15,18-21H2,1-5H3,(H,36,38). The minimum atomic E-state index is -0.499. The third-order valence-electron chi connectivity index (χ3n) is 8.33. The highest BCUT2D eigenvalue weighted by Crippen LogP contribution is 2.40. The van der Waals surface area contributed by atoms with Crippen LogP contribution in [0.1, 0.15) is 58.6 Å². The Morgan fingerprint density at radius 2 is 1.48 bits per heavy atom. The molecule has 1 saturated carbocycles. The summed E-state index contributed by atoms with van der Waals surface area (Å²) in [6.45, 7) is 13.7. The molecule has 9 nitrogen and oxygen atoms in total. The smallest absolute Gasteiger partial charge is 0.407 e. The number of nitrogens with one attached hydrogen (secondary N) is 1. The zero-order valence-corrected chi connectivity index (χ0v) is 25.1. The first-order valence-corrected chi connectivity index (χ1v) is 14.7. The summed E-state index contributed by atoms with van der Waals surface area (Å²) >= 11 is 0. The van der Waals surface area contributed by atoms with Crippen LogP contribution in [0.2, 0.25) is 0 Å². The van der Waals surface area contributed by atoms with Crippen LogP contribution < -0.4 is 19.7 Å². The van der Waals surface area contributed by atoms with Gasteiger partial charge in [-0.05, 0) is 56.2 Å². The number of hydrogen-bond acceptors (Lipinski definition) is 8. The molecule has 9 heteroatoms. The second-order valence-corrected chi connectivity index (χ2v) is 13.4. The second kappa shape index (κ2) is 10.8. The minimum Gasteiger partial charge on any atom is -0.490 e. The van der Waals surface area contributed by atoms with Gasteiger partial charge in [-0.25, -0.2) is 14.8 Å². The molecule has 1 aliphatic carbocycles. The molecule has 0 unspecified atom stereocenters. The monoisotopic (exact) mass is 572 g/mol. The first-order valence-electron chi connectivity index (χ1n) is 14.7. The number of amides is 1. The van der Waals surface area contributed by atoms with Crippen molar-refractivity contribution in [3.63, 3.8) is 0 Å². The summed E-state index contributed by atoms with van der Waals surface area (Å²) in [5.41, 5.74) is 3.00. The Hall–Kier alpha value is -3.85. The average molecular weight is 573 g/mol. The van der Waals surface area contributed by atoms with Gasteiger partial charge in [-0.2, -0.15) is 0 Å². The van der Waals surface area contributed by atoms with E-state index in [2.05, 4.69) is 58.3 Å². The van der Waals surface area contributed by atoms with Crippen molar-refractivity contribution in [1.29, 1.82) is 0 Å². The van der Waals surface area contributed by atoms with Gasteiger partial charge in [-0.15, -0.1) is 0 Å². The molecular weight excluding hydrogens is 532 g/mol. The summed E-state index contributed by atoms with van der Waals surface area (Å²) in [5, 5.41) is 2.91. The zero-order valence-electron chi connectivity index (χ0n) is 25.1. The number of carbonyl (C=O) groups excluding carboxylic acids is 1. The molecule has 1 spiro atoms. The molecule has 1 amide bonds. The maximum atomic E-state index is 12.0. The topological polar surface area (TPSA) is 95.0 Å². The molecule has 1 N–H and O–H groups in total. The lowest BCUT2D eigenvalue weighted by Crippen LogP contribution is -2.66. The van der Waals surface area contributed by atoms with E-state index in [0.29, 0.717) is 17.2 Å². The van der Waals surface area contributed by atoms with Crippen molar-refractivity contribution in [2.24, 2.45) is 5.41 Å². The van der Waals surface area contributed by atoms with Crippen molar-refractivity contribution in [3.05, 3.63) is 72.1 Å². The Bertz CT molecular complexity index is 1380. The summed E-state index contributed by atoms with van der Waals surface area (Å²) in [5.74, 6) is 1.52. The highest BCUT2D eigenvalue weighted by molar-refractivity contribution is 5.68. The molecule has 2 aliphatic heterocycles. The van der Waals surface area contributed by atoms with Gasteiger partial charge < -0.3 is 29.2 Å². The van der Waals surface area contributed by atoms with E-state index >= 15 is 0 Å². The van der Waals surface area contributed by atoms with E-state index in [1.165, 1.54) is 11.1 Å². The number of rotatable bonds is 8. The van der Waals surface area contributed by atoms with Crippen LogP contribution in [0.15, 0.2) is 60.9 Å².